The fourth-order valence-corrected chi connectivity index (χ4v) is 3.74. The average molecular weight is 348 g/mol. The largest absolute Gasteiger partial charge is 0.381 e. The van der Waals surface area contributed by atoms with E-state index in [1.807, 2.05) is 19.1 Å². The molecule has 1 aromatic carbocycles. The van der Waals surface area contributed by atoms with E-state index in [4.69, 9.17) is 27.9 Å². The fraction of sp³-hybridized carbons (Fsp3) is 0.533. The van der Waals surface area contributed by atoms with Crippen LogP contribution in [0.5, 0.6) is 0 Å². The summed E-state index contributed by atoms with van der Waals surface area (Å²) < 4.78 is 5.28. The second kappa shape index (κ2) is 8.28. The van der Waals surface area contributed by atoms with Crippen LogP contribution < -0.4 is 5.32 Å². The number of nitrogens with one attached hydrogen (secondary N) is 1. The summed E-state index contributed by atoms with van der Waals surface area (Å²) in [6.07, 6.45) is 1.80. The molecule has 0 aromatic heterocycles. The Labute approximate surface area is 139 Å². The number of carbonyl (C=O) groups is 1. The predicted molar refractivity (Wildman–Crippen MR) is 89.3 cm³/mol. The molecule has 0 spiro atoms. The molecule has 1 aromatic rings. The van der Waals surface area contributed by atoms with Gasteiger partial charge in [-0.2, -0.15) is 0 Å². The van der Waals surface area contributed by atoms with Crippen molar-refractivity contribution in [1.82, 2.24) is 5.32 Å². The van der Waals surface area contributed by atoms with Crippen molar-refractivity contribution >= 4 is 40.9 Å². The molecule has 1 amide bonds. The normalized spacial score (nSPS) is 17.5. The third kappa shape index (κ3) is 5.37. The van der Waals surface area contributed by atoms with E-state index in [9.17, 15) is 4.79 Å². The van der Waals surface area contributed by atoms with Gasteiger partial charge in [0, 0.05) is 34.6 Å². The van der Waals surface area contributed by atoms with Gasteiger partial charge in [-0.3, -0.25) is 4.79 Å². The number of amides is 1. The molecule has 0 saturated carbocycles. The van der Waals surface area contributed by atoms with E-state index in [0.29, 0.717) is 15.8 Å². The highest BCUT2D eigenvalue weighted by Crippen LogP contribution is 2.34. The van der Waals surface area contributed by atoms with E-state index >= 15 is 0 Å². The predicted octanol–water partition coefficient (Wildman–Crippen LogP) is 4.08. The summed E-state index contributed by atoms with van der Waals surface area (Å²) in [7, 11) is 0. The topological polar surface area (TPSA) is 38.3 Å². The number of ether oxygens (including phenoxy) is 1. The molecule has 0 aliphatic carbocycles. The van der Waals surface area contributed by atoms with Crippen LogP contribution in [0.2, 0.25) is 10.0 Å². The Morgan fingerprint density at radius 2 is 2.14 bits per heavy atom. The van der Waals surface area contributed by atoms with Gasteiger partial charge in [-0.15, -0.1) is 11.8 Å². The number of carbonyl (C=O) groups excluding carboxylic acids is 1. The molecule has 2 rings (SSSR count). The van der Waals surface area contributed by atoms with Crippen LogP contribution in [-0.2, 0) is 9.53 Å². The lowest BCUT2D eigenvalue weighted by molar-refractivity contribution is -0.119. The molecular weight excluding hydrogens is 329 g/mol. The number of hydrogen-bond acceptors (Lipinski definition) is 3. The van der Waals surface area contributed by atoms with E-state index < -0.39 is 0 Å². The zero-order valence-electron chi connectivity index (χ0n) is 11.9. The standard InChI is InChI=1S/C15H19Cl2NO2S/c1-10(13-3-2-11(16)8-14(13)17)21-9-15(19)18-12-4-6-20-7-5-12/h2-3,8,10,12H,4-7,9H2,1H3,(H,18,19)/t10-/m1/s1. The van der Waals surface area contributed by atoms with Crippen LogP contribution in [0.25, 0.3) is 0 Å². The van der Waals surface area contributed by atoms with Gasteiger partial charge in [-0.05, 0) is 37.5 Å². The van der Waals surface area contributed by atoms with Crippen LogP contribution >= 0.6 is 35.0 Å². The van der Waals surface area contributed by atoms with Gasteiger partial charge in [0.05, 0.1) is 5.75 Å². The first kappa shape index (κ1) is 16.9. The highest BCUT2D eigenvalue weighted by Gasteiger charge is 2.17. The van der Waals surface area contributed by atoms with Crippen LogP contribution in [0, 0.1) is 0 Å². The van der Waals surface area contributed by atoms with Crippen molar-refractivity contribution in [3.05, 3.63) is 33.8 Å². The van der Waals surface area contributed by atoms with Crippen LogP contribution in [0.3, 0.4) is 0 Å². The summed E-state index contributed by atoms with van der Waals surface area (Å²) >= 11 is 13.7. The summed E-state index contributed by atoms with van der Waals surface area (Å²) in [6, 6.07) is 5.72. The van der Waals surface area contributed by atoms with Gasteiger partial charge in [0.1, 0.15) is 0 Å². The number of thioether (sulfide) groups is 1. The molecule has 1 heterocycles. The van der Waals surface area contributed by atoms with Crippen molar-refractivity contribution in [2.45, 2.75) is 31.1 Å². The summed E-state index contributed by atoms with van der Waals surface area (Å²) in [6.45, 7) is 3.51. The Morgan fingerprint density at radius 1 is 1.43 bits per heavy atom. The third-order valence-electron chi connectivity index (χ3n) is 3.45. The Balaban J connectivity index is 1.80. The maximum absolute atomic E-state index is 12.0. The lowest BCUT2D eigenvalue weighted by atomic mass is 10.1. The van der Waals surface area contributed by atoms with Gasteiger partial charge in [0.25, 0.3) is 0 Å². The summed E-state index contributed by atoms with van der Waals surface area (Å²) in [5, 5.41) is 4.47. The van der Waals surface area contributed by atoms with Crippen LogP contribution in [0.15, 0.2) is 18.2 Å². The first-order chi connectivity index (χ1) is 10.1. The SMILES string of the molecule is C[C@@H](SCC(=O)NC1CCOCC1)c1ccc(Cl)cc1Cl. The molecule has 0 unspecified atom stereocenters. The molecule has 6 heteroatoms. The molecule has 1 saturated heterocycles. The van der Waals surface area contributed by atoms with Crippen molar-refractivity contribution in [3.8, 4) is 0 Å². The Bertz CT molecular complexity index is 493. The van der Waals surface area contributed by atoms with Gasteiger partial charge in [-0.25, -0.2) is 0 Å². The first-order valence-corrected chi connectivity index (χ1v) is 8.80. The van der Waals surface area contributed by atoms with Crippen molar-refractivity contribution < 1.29 is 9.53 Å². The van der Waals surface area contributed by atoms with Crippen LogP contribution in [0.1, 0.15) is 30.6 Å². The van der Waals surface area contributed by atoms with E-state index in [1.165, 1.54) is 0 Å². The van der Waals surface area contributed by atoms with Crippen molar-refractivity contribution in [3.63, 3.8) is 0 Å². The smallest absolute Gasteiger partial charge is 0.230 e. The minimum atomic E-state index is 0.0730. The average Bonchev–Trinajstić information content (AvgIpc) is 2.46. The summed E-state index contributed by atoms with van der Waals surface area (Å²) in [5.41, 5.74) is 1.00. The molecule has 21 heavy (non-hydrogen) atoms. The molecular formula is C15H19Cl2NO2S. The van der Waals surface area contributed by atoms with Gasteiger partial charge in [-0.1, -0.05) is 29.3 Å². The molecule has 1 atom stereocenters. The highest BCUT2D eigenvalue weighted by molar-refractivity contribution is 8.00. The number of halogens is 2. The lowest BCUT2D eigenvalue weighted by Gasteiger charge is -2.23. The Morgan fingerprint density at radius 3 is 2.81 bits per heavy atom. The van der Waals surface area contributed by atoms with Gasteiger partial charge in [0.15, 0.2) is 0 Å². The number of hydrogen-bond donors (Lipinski definition) is 1. The Hall–Kier alpha value is -0.420. The van der Waals surface area contributed by atoms with Crippen LogP contribution in [0.4, 0.5) is 0 Å². The zero-order chi connectivity index (χ0) is 15.2. The quantitative estimate of drug-likeness (QED) is 0.871. The number of benzene rings is 1. The molecule has 3 nitrogen and oxygen atoms in total. The molecule has 1 fully saturated rings. The van der Waals surface area contributed by atoms with Crippen LogP contribution in [-0.4, -0.2) is 30.9 Å². The summed E-state index contributed by atoms with van der Waals surface area (Å²) in [5.74, 6) is 0.501. The monoisotopic (exact) mass is 347 g/mol. The van der Waals surface area contributed by atoms with E-state index in [1.54, 1.807) is 17.8 Å². The van der Waals surface area contributed by atoms with Gasteiger partial charge in [0.2, 0.25) is 5.91 Å². The first-order valence-electron chi connectivity index (χ1n) is 7.00. The summed E-state index contributed by atoms with van der Waals surface area (Å²) in [4.78, 5) is 12.0. The molecule has 1 N–H and O–H groups in total. The molecule has 1 aliphatic rings. The highest BCUT2D eigenvalue weighted by atomic mass is 35.5. The lowest BCUT2D eigenvalue weighted by Crippen LogP contribution is -2.39. The minimum absolute atomic E-state index is 0.0730. The van der Waals surface area contributed by atoms with Crippen molar-refractivity contribution in [2.24, 2.45) is 0 Å². The van der Waals surface area contributed by atoms with Gasteiger partial charge >= 0.3 is 0 Å². The van der Waals surface area contributed by atoms with E-state index in [-0.39, 0.29) is 17.2 Å². The molecule has 1 aliphatic heterocycles. The number of rotatable bonds is 5. The van der Waals surface area contributed by atoms with E-state index in [2.05, 4.69) is 5.32 Å². The van der Waals surface area contributed by atoms with Crippen molar-refractivity contribution in [1.29, 1.82) is 0 Å². The Kier molecular flexibility index (Phi) is 6.68. The van der Waals surface area contributed by atoms with Crippen molar-refractivity contribution in [2.75, 3.05) is 19.0 Å². The second-order valence-electron chi connectivity index (χ2n) is 5.07. The molecule has 116 valence electrons. The zero-order valence-corrected chi connectivity index (χ0v) is 14.2. The maximum atomic E-state index is 12.0. The second-order valence-corrected chi connectivity index (χ2v) is 7.25. The fourth-order valence-electron chi connectivity index (χ4n) is 2.23. The van der Waals surface area contributed by atoms with E-state index in [0.717, 1.165) is 31.6 Å². The molecule has 0 bridgehead atoms. The maximum Gasteiger partial charge on any atom is 0.230 e. The van der Waals surface area contributed by atoms with Gasteiger partial charge < -0.3 is 10.1 Å². The molecule has 0 radical (unpaired) electrons. The third-order valence-corrected chi connectivity index (χ3v) is 5.20. The minimum Gasteiger partial charge on any atom is -0.381 e.